The molecule has 1 aliphatic rings. The van der Waals surface area contributed by atoms with Gasteiger partial charge < -0.3 is 10.2 Å². The lowest BCUT2D eigenvalue weighted by Crippen LogP contribution is -2.46. The fourth-order valence-electron chi connectivity index (χ4n) is 4.83. The summed E-state index contributed by atoms with van der Waals surface area (Å²) in [6.45, 7) is 3.30. The third-order valence-corrected chi connectivity index (χ3v) is 8.23. The number of thiophene rings is 1. The molecular formula is C27H33ClN4O4S. The zero-order valence-electron chi connectivity index (χ0n) is 21.1. The summed E-state index contributed by atoms with van der Waals surface area (Å²) in [5.41, 5.74) is 0.615. The number of hydrogen-bond donors (Lipinski definition) is 1. The highest BCUT2D eigenvalue weighted by Crippen LogP contribution is 2.19. The van der Waals surface area contributed by atoms with Crippen LogP contribution in [0.4, 0.5) is 0 Å². The van der Waals surface area contributed by atoms with E-state index in [1.807, 2.05) is 30.0 Å². The summed E-state index contributed by atoms with van der Waals surface area (Å²) >= 11 is 7.41. The second-order valence-corrected chi connectivity index (χ2v) is 10.9. The Hall–Kier alpha value is -2.91. The quantitative estimate of drug-likeness (QED) is 0.388. The molecule has 0 spiro atoms. The summed E-state index contributed by atoms with van der Waals surface area (Å²) in [5, 5.41) is 5.27. The van der Waals surface area contributed by atoms with E-state index >= 15 is 0 Å². The monoisotopic (exact) mass is 544 g/mol. The first-order chi connectivity index (χ1) is 17.9. The predicted octanol–water partition coefficient (Wildman–Crippen LogP) is 4.16. The molecule has 0 unspecified atom stereocenters. The molecule has 1 aliphatic heterocycles. The summed E-state index contributed by atoms with van der Waals surface area (Å²) in [4.78, 5) is 53.4. The minimum absolute atomic E-state index is 0.0649. The second kappa shape index (κ2) is 12.6. The van der Waals surface area contributed by atoms with E-state index in [1.165, 1.54) is 20.5 Å². The lowest BCUT2D eigenvalue weighted by molar-refractivity contribution is -0.135. The molecule has 1 fully saturated rings. The average molecular weight is 545 g/mol. The number of carbonyl (C=O) groups is 2. The van der Waals surface area contributed by atoms with Crippen LogP contribution in [0.15, 0.2) is 45.3 Å². The van der Waals surface area contributed by atoms with Crippen LogP contribution >= 0.6 is 22.9 Å². The molecule has 3 aromatic rings. The van der Waals surface area contributed by atoms with Crippen LogP contribution < -0.4 is 16.6 Å². The maximum absolute atomic E-state index is 13.3. The first kappa shape index (κ1) is 27.1. The Kier molecular flexibility index (Phi) is 9.21. The van der Waals surface area contributed by atoms with E-state index in [1.54, 1.807) is 17.5 Å². The van der Waals surface area contributed by atoms with Crippen molar-refractivity contribution in [3.05, 3.63) is 67.1 Å². The van der Waals surface area contributed by atoms with Gasteiger partial charge in [0.05, 0.1) is 5.52 Å². The van der Waals surface area contributed by atoms with Gasteiger partial charge in [0.1, 0.15) is 11.2 Å². The van der Waals surface area contributed by atoms with Crippen LogP contribution in [-0.4, -0.2) is 38.4 Å². The molecule has 198 valence electrons. The van der Waals surface area contributed by atoms with Gasteiger partial charge >= 0.3 is 5.69 Å². The van der Waals surface area contributed by atoms with Gasteiger partial charge in [-0.25, -0.2) is 4.79 Å². The molecule has 10 heteroatoms. The number of unbranched alkanes of at least 4 members (excludes halogenated alkanes) is 2. The summed E-state index contributed by atoms with van der Waals surface area (Å²) in [5.74, 6) is -0.153. The molecule has 1 N–H and O–H groups in total. The molecule has 2 amide bonds. The highest BCUT2D eigenvalue weighted by molar-refractivity contribution is 7.17. The van der Waals surface area contributed by atoms with Crippen LogP contribution in [0.1, 0.15) is 57.4 Å². The van der Waals surface area contributed by atoms with Gasteiger partial charge in [-0.15, -0.1) is 11.3 Å². The number of fused-ring (bicyclic) bond motifs is 1. The molecule has 4 rings (SSSR count). The SMILES string of the molecule is C[C@H]1CCCCN1C(=O)Cn1c(=O)n(CCCCCC(=O)NCc2ccccc2Cl)c(=O)c2sccc21. The van der Waals surface area contributed by atoms with Crippen molar-refractivity contribution >= 4 is 45.0 Å². The van der Waals surface area contributed by atoms with Crippen molar-refractivity contribution in [2.75, 3.05) is 6.54 Å². The van der Waals surface area contributed by atoms with Gasteiger partial charge in [0.25, 0.3) is 5.56 Å². The van der Waals surface area contributed by atoms with E-state index in [9.17, 15) is 19.2 Å². The number of halogens is 1. The fraction of sp³-hybridized carbons (Fsp3) is 0.481. The number of aromatic nitrogens is 2. The fourth-order valence-corrected chi connectivity index (χ4v) is 5.88. The summed E-state index contributed by atoms with van der Waals surface area (Å²) in [7, 11) is 0. The van der Waals surface area contributed by atoms with Crippen molar-refractivity contribution in [2.45, 2.75) is 77.5 Å². The van der Waals surface area contributed by atoms with Crippen molar-refractivity contribution in [3.8, 4) is 0 Å². The maximum Gasteiger partial charge on any atom is 0.332 e. The molecule has 37 heavy (non-hydrogen) atoms. The number of benzene rings is 1. The van der Waals surface area contributed by atoms with Gasteiger partial charge in [-0.2, -0.15) is 0 Å². The molecule has 0 bridgehead atoms. The Bertz CT molecular complexity index is 1380. The number of carbonyl (C=O) groups excluding carboxylic acids is 2. The zero-order valence-corrected chi connectivity index (χ0v) is 22.7. The Balaban J connectivity index is 1.35. The number of likely N-dealkylation sites (tertiary alicyclic amines) is 1. The smallest absolute Gasteiger partial charge is 0.332 e. The molecule has 0 saturated carbocycles. The van der Waals surface area contributed by atoms with Crippen LogP contribution in [0, 0.1) is 0 Å². The summed E-state index contributed by atoms with van der Waals surface area (Å²) in [6.07, 6.45) is 5.31. The van der Waals surface area contributed by atoms with Crippen LogP contribution in [0.2, 0.25) is 5.02 Å². The summed E-state index contributed by atoms with van der Waals surface area (Å²) in [6, 6.07) is 9.27. The Morgan fingerprint density at radius 1 is 1.08 bits per heavy atom. The van der Waals surface area contributed by atoms with Crippen LogP contribution in [0.5, 0.6) is 0 Å². The van der Waals surface area contributed by atoms with E-state index in [4.69, 9.17) is 11.6 Å². The lowest BCUT2D eigenvalue weighted by Gasteiger charge is -2.33. The molecule has 3 heterocycles. The number of piperidine rings is 1. The van der Waals surface area contributed by atoms with E-state index in [2.05, 4.69) is 5.32 Å². The Morgan fingerprint density at radius 2 is 1.89 bits per heavy atom. The molecular weight excluding hydrogens is 512 g/mol. The third kappa shape index (κ3) is 6.51. The highest BCUT2D eigenvalue weighted by atomic mass is 35.5. The lowest BCUT2D eigenvalue weighted by atomic mass is 10.0. The van der Waals surface area contributed by atoms with E-state index in [0.29, 0.717) is 54.0 Å². The van der Waals surface area contributed by atoms with Crippen LogP contribution in [-0.2, 0) is 29.2 Å². The van der Waals surface area contributed by atoms with Gasteiger partial charge in [0, 0.05) is 37.1 Å². The van der Waals surface area contributed by atoms with E-state index < -0.39 is 5.69 Å². The van der Waals surface area contributed by atoms with Crippen molar-refractivity contribution in [2.24, 2.45) is 0 Å². The molecule has 8 nitrogen and oxygen atoms in total. The van der Waals surface area contributed by atoms with E-state index in [-0.39, 0.29) is 36.5 Å². The molecule has 2 aromatic heterocycles. The first-order valence-corrected chi connectivity index (χ1v) is 14.1. The second-order valence-electron chi connectivity index (χ2n) is 9.57. The average Bonchev–Trinajstić information content (AvgIpc) is 3.38. The van der Waals surface area contributed by atoms with Gasteiger partial charge in [-0.05, 0) is 62.1 Å². The van der Waals surface area contributed by atoms with Gasteiger partial charge in [-0.3, -0.25) is 23.5 Å². The van der Waals surface area contributed by atoms with Crippen molar-refractivity contribution in [1.29, 1.82) is 0 Å². The van der Waals surface area contributed by atoms with Crippen molar-refractivity contribution in [1.82, 2.24) is 19.4 Å². The standard InChI is InChI=1S/C27H33ClN4O4S/c1-19-9-6-8-14-30(19)24(34)18-32-22-13-16-37-25(22)26(35)31(27(32)36)15-7-2-3-12-23(33)29-17-20-10-4-5-11-21(20)28/h4-5,10-11,13,16,19H,2-3,6-9,12,14-15,17-18H2,1H3,(H,29,33)/t19-/m0/s1. The van der Waals surface area contributed by atoms with Crippen LogP contribution in [0.3, 0.4) is 0 Å². The van der Waals surface area contributed by atoms with Gasteiger partial charge in [-0.1, -0.05) is 36.2 Å². The number of nitrogens with zero attached hydrogens (tertiary/aromatic N) is 3. The summed E-state index contributed by atoms with van der Waals surface area (Å²) < 4.78 is 3.17. The van der Waals surface area contributed by atoms with E-state index in [0.717, 1.165) is 24.8 Å². The predicted molar refractivity (Wildman–Crippen MR) is 147 cm³/mol. The normalized spacial score (nSPS) is 15.7. The molecule has 1 aromatic carbocycles. The number of hydrogen-bond acceptors (Lipinski definition) is 5. The maximum atomic E-state index is 13.3. The number of amides is 2. The zero-order chi connectivity index (χ0) is 26.4. The van der Waals surface area contributed by atoms with Gasteiger partial charge in [0.15, 0.2) is 0 Å². The molecule has 1 saturated heterocycles. The Labute approximate surface area is 224 Å². The van der Waals surface area contributed by atoms with Crippen molar-refractivity contribution < 1.29 is 9.59 Å². The number of nitrogens with one attached hydrogen (secondary N) is 1. The van der Waals surface area contributed by atoms with Crippen LogP contribution in [0.25, 0.3) is 10.2 Å². The largest absolute Gasteiger partial charge is 0.352 e. The molecule has 0 aliphatic carbocycles. The topological polar surface area (TPSA) is 93.4 Å². The highest BCUT2D eigenvalue weighted by Gasteiger charge is 2.25. The minimum Gasteiger partial charge on any atom is -0.352 e. The van der Waals surface area contributed by atoms with Gasteiger partial charge in [0.2, 0.25) is 11.8 Å². The van der Waals surface area contributed by atoms with Crippen molar-refractivity contribution in [3.63, 3.8) is 0 Å². The minimum atomic E-state index is -0.452. The number of rotatable bonds is 10. The first-order valence-electron chi connectivity index (χ1n) is 12.9. The molecule has 0 radical (unpaired) electrons. The Morgan fingerprint density at radius 3 is 2.68 bits per heavy atom. The molecule has 1 atom stereocenters. The third-order valence-electron chi connectivity index (χ3n) is 6.97.